The molecular formula is C55H107NO5. The first-order valence-electron chi connectivity index (χ1n) is 27.4. The molecule has 0 saturated heterocycles. The smallest absolute Gasteiger partial charge is 0.305 e. The Kier molecular flexibility index (Phi) is 50.1. The number of nitrogens with one attached hydrogen (secondary N) is 1. The molecule has 0 fully saturated rings. The second-order valence-electron chi connectivity index (χ2n) is 18.9. The molecule has 0 rings (SSSR count). The number of hydrogen-bond acceptors (Lipinski definition) is 5. The van der Waals surface area contributed by atoms with E-state index in [0.717, 1.165) is 44.9 Å². The van der Waals surface area contributed by atoms with Crippen LogP contribution in [0.5, 0.6) is 0 Å². The van der Waals surface area contributed by atoms with Crippen molar-refractivity contribution in [1.29, 1.82) is 0 Å². The summed E-state index contributed by atoms with van der Waals surface area (Å²) in [4.78, 5) is 24.5. The Bertz CT molecular complexity index is 909. The number of hydrogen-bond donors (Lipinski definition) is 3. The fourth-order valence-electron chi connectivity index (χ4n) is 8.58. The SMILES string of the molecule is CCCCCCC/C=C\CCCCCCCC(=O)OCCCCCCCCCCCCCCCCCCC(=O)NC(CO)C(O)CCCCCCCCCCCCCCCC. The summed E-state index contributed by atoms with van der Waals surface area (Å²) in [5.41, 5.74) is 0. The lowest BCUT2D eigenvalue weighted by Gasteiger charge is -2.22. The molecule has 362 valence electrons. The summed E-state index contributed by atoms with van der Waals surface area (Å²) < 4.78 is 5.46. The maximum atomic E-state index is 12.5. The zero-order chi connectivity index (χ0) is 44.4. The minimum Gasteiger partial charge on any atom is -0.466 e. The van der Waals surface area contributed by atoms with E-state index in [-0.39, 0.29) is 18.5 Å². The first kappa shape index (κ1) is 59.6. The molecule has 0 aromatic heterocycles. The van der Waals surface area contributed by atoms with Crippen LogP contribution in [0.2, 0.25) is 0 Å². The number of aliphatic hydroxyl groups is 2. The summed E-state index contributed by atoms with van der Waals surface area (Å²) in [7, 11) is 0. The van der Waals surface area contributed by atoms with E-state index in [4.69, 9.17) is 4.74 Å². The van der Waals surface area contributed by atoms with Gasteiger partial charge in [-0.2, -0.15) is 0 Å². The van der Waals surface area contributed by atoms with Gasteiger partial charge in [-0.05, 0) is 51.4 Å². The molecule has 0 spiro atoms. The van der Waals surface area contributed by atoms with Gasteiger partial charge in [0.1, 0.15) is 0 Å². The van der Waals surface area contributed by atoms with Crippen molar-refractivity contribution >= 4 is 11.9 Å². The van der Waals surface area contributed by atoms with E-state index in [1.54, 1.807) is 0 Å². The third-order valence-corrected chi connectivity index (χ3v) is 12.8. The maximum absolute atomic E-state index is 12.5. The van der Waals surface area contributed by atoms with E-state index in [1.165, 1.54) is 225 Å². The van der Waals surface area contributed by atoms with Gasteiger partial charge in [0.25, 0.3) is 0 Å². The van der Waals surface area contributed by atoms with Crippen LogP contribution in [0.25, 0.3) is 0 Å². The molecular weight excluding hydrogens is 755 g/mol. The fraction of sp³-hybridized carbons (Fsp3) is 0.927. The van der Waals surface area contributed by atoms with Gasteiger partial charge in [0, 0.05) is 12.8 Å². The lowest BCUT2D eigenvalue weighted by Crippen LogP contribution is -2.45. The number of carbonyl (C=O) groups excluding carboxylic acids is 2. The molecule has 0 aliphatic rings. The van der Waals surface area contributed by atoms with Crippen LogP contribution in [-0.2, 0) is 14.3 Å². The highest BCUT2D eigenvalue weighted by atomic mass is 16.5. The van der Waals surface area contributed by atoms with E-state index < -0.39 is 12.1 Å². The van der Waals surface area contributed by atoms with Gasteiger partial charge >= 0.3 is 5.97 Å². The number of unbranched alkanes of at least 4 members (excludes halogenated alkanes) is 38. The Morgan fingerprint density at radius 1 is 0.443 bits per heavy atom. The second kappa shape index (κ2) is 51.2. The third-order valence-electron chi connectivity index (χ3n) is 12.8. The van der Waals surface area contributed by atoms with Crippen LogP contribution < -0.4 is 5.32 Å². The summed E-state index contributed by atoms with van der Waals surface area (Å²) in [6, 6.07) is -0.545. The van der Waals surface area contributed by atoms with E-state index in [2.05, 4.69) is 31.3 Å². The van der Waals surface area contributed by atoms with Crippen molar-refractivity contribution in [3.05, 3.63) is 12.2 Å². The van der Waals surface area contributed by atoms with Gasteiger partial charge in [-0.1, -0.05) is 251 Å². The molecule has 0 aromatic rings. The van der Waals surface area contributed by atoms with Crippen molar-refractivity contribution in [1.82, 2.24) is 5.32 Å². The predicted molar refractivity (Wildman–Crippen MR) is 264 cm³/mol. The quantitative estimate of drug-likeness (QED) is 0.0322. The van der Waals surface area contributed by atoms with Crippen LogP contribution >= 0.6 is 0 Å². The molecule has 0 aromatic carbocycles. The molecule has 2 unspecified atom stereocenters. The van der Waals surface area contributed by atoms with E-state index in [0.29, 0.717) is 25.9 Å². The molecule has 0 heterocycles. The molecule has 0 aliphatic heterocycles. The van der Waals surface area contributed by atoms with E-state index >= 15 is 0 Å². The van der Waals surface area contributed by atoms with Crippen LogP contribution in [0.15, 0.2) is 12.2 Å². The van der Waals surface area contributed by atoms with Crippen LogP contribution in [0.1, 0.15) is 303 Å². The molecule has 3 N–H and O–H groups in total. The largest absolute Gasteiger partial charge is 0.466 e. The monoisotopic (exact) mass is 862 g/mol. The number of esters is 1. The van der Waals surface area contributed by atoms with Gasteiger partial charge in [-0.25, -0.2) is 0 Å². The van der Waals surface area contributed by atoms with Gasteiger partial charge in [0.05, 0.1) is 25.4 Å². The lowest BCUT2D eigenvalue weighted by molar-refractivity contribution is -0.143. The molecule has 0 aliphatic carbocycles. The lowest BCUT2D eigenvalue weighted by atomic mass is 10.0. The Hall–Kier alpha value is -1.40. The van der Waals surface area contributed by atoms with Gasteiger partial charge in [-0.15, -0.1) is 0 Å². The Balaban J connectivity index is 3.42. The van der Waals surface area contributed by atoms with Crippen molar-refractivity contribution in [2.24, 2.45) is 0 Å². The van der Waals surface area contributed by atoms with Gasteiger partial charge in [-0.3, -0.25) is 9.59 Å². The molecule has 6 nitrogen and oxygen atoms in total. The molecule has 1 amide bonds. The topological polar surface area (TPSA) is 95.9 Å². The van der Waals surface area contributed by atoms with Crippen molar-refractivity contribution in [3.8, 4) is 0 Å². The Morgan fingerprint density at radius 2 is 0.770 bits per heavy atom. The van der Waals surface area contributed by atoms with Gasteiger partial charge in [0.2, 0.25) is 5.91 Å². The number of amides is 1. The highest BCUT2D eigenvalue weighted by Crippen LogP contribution is 2.17. The molecule has 2 atom stereocenters. The van der Waals surface area contributed by atoms with E-state index in [1.807, 2.05) is 0 Å². The molecule has 0 radical (unpaired) electrons. The predicted octanol–water partition coefficient (Wildman–Crippen LogP) is 16.5. The summed E-state index contributed by atoms with van der Waals surface area (Å²) >= 11 is 0. The molecule has 61 heavy (non-hydrogen) atoms. The van der Waals surface area contributed by atoms with Crippen molar-refractivity contribution in [2.45, 2.75) is 315 Å². The summed E-state index contributed by atoms with van der Waals surface area (Å²) in [5.74, 6) is -0.0457. The minimum absolute atomic E-state index is 0.00498. The van der Waals surface area contributed by atoms with Crippen molar-refractivity contribution in [2.75, 3.05) is 13.2 Å². The Morgan fingerprint density at radius 3 is 1.16 bits per heavy atom. The van der Waals surface area contributed by atoms with Crippen molar-refractivity contribution < 1.29 is 24.5 Å². The summed E-state index contributed by atoms with van der Waals surface area (Å²) in [6.07, 6.45) is 59.0. The maximum Gasteiger partial charge on any atom is 0.305 e. The highest BCUT2D eigenvalue weighted by molar-refractivity contribution is 5.76. The first-order chi connectivity index (χ1) is 30.0. The molecule has 0 saturated carbocycles. The summed E-state index contributed by atoms with van der Waals surface area (Å²) in [6.45, 7) is 4.94. The minimum atomic E-state index is -0.668. The molecule has 0 bridgehead atoms. The van der Waals surface area contributed by atoms with Crippen LogP contribution in [0, 0.1) is 0 Å². The zero-order valence-corrected chi connectivity index (χ0v) is 41.2. The number of aliphatic hydroxyl groups excluding tert-OH is 2. The average molecular weight is 862 g/mol. The number of ether oxygens (including phenoxy) is 1. The van der Waals surface area contributed by atoms with Gasteiger partial charge < -0.3 is 20.3 Å². The number of rotatable bonds is 51. The third kappa shape index (κ3) is 47.9. The van der Waals surface area contributed by atoms with Crippen LogP contribution in [0.4, 0.5) is 0 Å². The van der Waals surface area contributed by atoms with Crippen LogP contribution in [0.3, 0.4) is 0 Å². The van der Waals surface area contributed by atoms with Crippen molar-refractivity contribution in [3.63, 3.8) is 0 Å². The number of carbonyl (C=O) groups is 2. The van der Waals surface area contributed by atoms with Gasteiger partial charge in [0.15, 0.2) is 0 Å². The van der Waals surface area contributed by atoms with E-state index in [9.17, 15) is 19.8 Å². The van der Waals surface area contributed by atoms with Crippen LogP contribution in [-0.4, -0.2) is 47.4 Å². The normalized spacial score (nSPS) is 12.7. The zero-order valence-electron chi connectivity index (χ0n) is 41.2. The fourth-order valence-corrected chi connectivity index (χ4v) is 8.58. The average Bonchev–Trinajstić information content (AvgIpc) is 3.26. The Labute approximate surface area is 380 Å². The standard InChI is InChI=1S/C55H107NO5/c1-3-5-7-9-11-13-15-17-23-27-31-35-39-43-47-53(58)52(51-57)56-54(59)48-44-40-36-32-28-24-21-19-20-22-26-30-34-38-42-46-50-61-55(60)49-45-41-37-33-29-25-18-16-14-12-10-8-6-4-2/h16,18,52-53,57-58H,3-15,17,19-51H2,1-2H3,(H,56,59)/b18-16-. The second-order valence-corrected chi connectivity index (χ2v) is 18.9. The highest BCUT2D eigenvalue weighted by Gasteiger charge is 2.20. The first-order valence-corrected chi connectivity index (χ1v) is 27.4. The number of allylic oxidation sites excluding steroid dienone is 2. The molecule has 6 heteroatoms. The summed E-state index contributed by atoms with van der Waals surface area (Å²) in [5, 5.41) is 23.2.